The Labute approximate surface area is 57.9 Å². The molecular weight excluding hydrogens is 111 g/mol. The molecule has 0 aromatic heterocycles. The van der Waals surface area contributed by atoms with Crippen LogP contribution in [-0.2, 0) is 4.65 Å². The molecule has 1 heterocycles. The van der Waals surface area contributed by atoms with Crippen LogP contribution in [0.5, 0.6) is 0 Å². The predicted octanol–water partition coefficient (Wildman–Crippen LogP) is 2.20. The van der Waals surface area contributed by atoms with Crippen LogP contribution in [0.2, 0.25) is 12.6 Å². The largest absolute Gasteiger partial charge is 0.434 e. The highest BCUT2D eigenvalue weighted by atomic mass is 16.4. The third-order valence-corrected chi connectivity index (χ3v) is 1.77. The fourth-order valence-corrected chi connectivity index (χ4v) is 1.41. The van der Waals surface area contributed by atoms with Crippen LogP contribution in [0.3, 0.4) is 0 Å². The third kappa shape index (κ3) is 2.40. The summed E-state index contributed by atoms with van der Waals surface area (Å²) in [5.41, 5.74) is 0. The van der Waals surface area contributed by atoms with Gasteiger partial charge in [-0.1, -0.05) is 12.8 Å². The lowest BCUT2D eigenvalue weighted by Crippen LogP contribution is -2.17. The van der Waals surface area contributed by atoms with Crippen molar-refractivity contribution >= 4 is 6.92 Å². The van der Waals surface area contributed by atoms with Gasteiger partial charge in [0.2, 0.25) is 0 Å². The zero-order chi connectivity index (χ0) is 6.69. The molecule has 0 unspecified atom stereocenters. The van der Waals surface area contributed by atoms with Gasteiger partial charge >= 0.3 is 0 Å². The molecule has 1 fully saturated rings. The number of hydrogen-bond donors (Lipinski definition) is 0. The summed E-state index contributed by atoms with van der Waals surface area (Å²) < 4.78 is 5.61. The van der Waals surface area contributed by atoms with Crippen LogP contribution in [0.4, 0.5) is 0 Å². The Balaban J connectivity index is 2.11. The fourth-order valence-electron chi connectivity index (χ4n) is 1.41. The van der Waals surface area contributed by atoms with Gasteiger partial charge in [-0.3, -0.25) is 0 Å². The highest BCUT2D eigenvalue weighted by molar-refractivity contribution is 6.52. The maximum atomic E-state index is 5.61. The highest BCUT2D eigenvalue weighted by Gasteiger charge is 2.21. The summed E-state index contributed by atoms with van der Waals surface area (Å²) in [6, 6.07) is 0. The summed E-state index contributed by atoms with van der Waals surface area (Å²) in [6.07, 6.45) is 5.75. The molecular formula is C7H15BO. The quantitative estimate of drug-likeness (QED) is 0.515. The molecule has 1 saturated heterocycles. The van der Waals surface area contributed by atoms with Gasteiger partial charge in [-0.2, -0.15) is 0 Å². The van der Waals surface area contributed by atoms with Crippen LogP contribution in [0.25, 0.3) is 0 Å². The van der Waals surface area contributed by atoms with Crippen molar-refractivity contribution in [2.24, 2.45) is 0 Å². The maximum absolute atomic E-state index is 5.61. The minimum absolute atomic E-state index is 0.424. The Morgan fingerprint density at radius 2 is 1.78 bits per heavy atom. The van der Waals surface area contributed by atoms with Crippen LogP contribution >= 0.6 is 0 Å². The molecule has 1 nitrogen and oxygen atoms in total. The van der Waals surface area contributed by atoms with Crippen LogP contribution < -0.4 is 0 Å². The van der Waals surface area contributed by atoms with E-state index in [9.17, 15) is 0 Å². The molecule has 1 aliphatic heterocycles. The smallest absolute Gasteiger partial charge is 0.293 e. The van der Waals surface area contributed by atoms with E-state index in [1.54, 1.807) is 0 Å². The number of rotatable bonds is 2. The molecule has 0 N–H and O–H groups in total. The van der Waals surface area contributed by atoms with Gasteiger partial charge in [-0.25, -0.2) is 0 Å². The zero-order valence-electron chi connectivity index (χ0n) is 6.39. The first kappa shape index (κ1) is 7.14. The van der Waals surface area contributed by atoms with Crippen LogP contribution in [0.1, 0.15) is 26.7 Å². The van der Waals surface area contributed by atoms with Crippen LogP contribution in [0, 0.1) is 0 Å². The zero-order valence-corrected chi connectivity index (χ0v) is 6.39. The Hall–Kier alpha value is 0.0249. The van der Waals surface area contributed by atoms with E-state index in [4.69, 9.17) is 4.65 Å². The normalized spacial score (nSPS) is 19.7. The summed E-state index contributed by atoms with van der Waals surface area (Å²) in [6.45, 7) is 4.81. The van der Waals surface area contributed by atoms with Gasteiger partial charge in [-0.05, 0) is 26.5 Å². The predicted molar refractivity (Wildman–Crippen MR) is 40.8 cm³/mol. The Morgan fingerprint density at radius 1 is 1.22 bits per heavy atom. The van der Waals surface area contributed by atoms with Gasteiger partial charge in [0.1, 0.15) is 0 Å². The van der Waals surface area contributed by atoms with E-state index in [2.05, 4.69) is 13.8 Å². The van der Waals surface area contributed by atoms with E-state index < -0.39 is 0 Å². The second-order valence-corrected chi connectivity index (χ2v) is 3.09. The highest BCUT2D eigenvalue weighted by Crippen LogP contribution is 2.20. The molecule has 1 rings (SSSR count). The fraction of sp³-hybridized carbons (Fsp3) is 1.00. The Morgan fingerprint density at radius 3 is 2.22 bits per heavy atom. The summed E-state index contributed by atoms with van der Waals surface area (Å²) in [5.74, 6) is 0. The SMILES string of the molecule is CC(C)OB1CCCC1. The van der Waals surface area contributed by atoms with Crippen molar-refractivity contribution in [1.29, 1.82) is 0 Å². The molecule has 0 aliphatic carbocycles. The molecule has 0 saturated carbocycles. The van der Waals surface area contributed by atoms with E-state index >= 15 is 0 Å². The van der Waals surface area contributed by atoms with Crippen LogP contribution in [0.15, 0.2) is 0 Å². The van der Waals surface area contributed by atoms with E-state index in [0.29, 0.717) is 13.0 Å². The van der Waals surface area contributed by atoms with Crippen molar-refractivity contribution in [1.82, 2.24) is 0 Å². The summed E-state index contributed by atoms with van der Waals surface area (Å²) in [4.78, 5) is 0. The average Bonchev–Trinajstić information content (AvgIpc) is 2.15. The lowest BCUT2D eigenvalue weighted by molar-refractivity contribution is 0.244. The van der Waals surface area contributed by atoms with Crippen molar-refractivity contribution in [3.8, 4) is 0 Å². The van der Waals surface area contributed by atoms with E-state index in [-0.39, 0.29) is 0 Å². The minimum Gasteiger partial charge on any atom is -0.434 e. The van der Waals surface area contributed by atoms with Gasteiger partial charge in [0, 0.05) is 6.10 Å². The van der Waals surface area contributed by atoms with Gasteiger partial charge < -0.3 is 4.65 Å². The molecule has 0 aromatic rings. The Kier molecular flexibility index (Phi) is 2.58. The molecule has 2 heteroatoms. The molecule has 0 amide bonds. The molecule has 1 aliphatic rings. The van der Waals surface area contributed by atoms with Crippen LogP contribution in [-0.4, -0.2) is 13.0 Å². The lowest BCUT2D eigenvalue weighted by atomic mass is 9.66. The minimum atomic E-state index is 0.424. The maximum Gasteiger partial charge on any atom is 0.293 e. The first-order valence-electron chi connectivity index (χ1n) is 3.94. The number of hydrogen-bond acceptors (Lipinski definition) is 1. The molecule has 9 heavy (non-hydrogen) atoms. The Bertz CT molecular complexity index is 77.0. The standard InChI is InChI=1S/C7H15BO/c1-7(2)9-8-5-3-4-6-8/h7H,3-6H2,1-2H3. The first-order valence-corrected chi connectivity index (χ1v) is 3.94. The second-order valence-electron chi connectivity index (χ2n) is 3.09. The van der Waals surface area contributed by atoms with Gasteiger partial charge in [0.25, 0.3) is 6.92 Å². The molecule has 0 atom stereocenters. The monoisotopic (exact) mass is 126 g/mol. The van der Waals surface area contributed by atoms with E-state index in [1.165, 1.54) is 25.5 Å². The van der Waals surface area contributed by atoms with Gasteiger partial charge in [0.15, 0.2) is 0 Å². The molecule has 52 valence electrons. The molecule has 0 radical (unpaired) electrons. The van der Waals surface area contributed by atoms with Crippen molar-refractivity contribution in [2.75, 3.05) is 0 Å². The van der Waals surface area contributed by atoms with Gasteiger partial charge in [-0.15, -0.1) is 0 Å². The average molecular weight is 126 g/mol. The molecule has 0 spiro atoms. The lowest BCUT2D eigenvalue weighted by Gasteiger charge is -2.10. The summed E-state index contributed by atoms with van der Waals surface area (Å²) in [7, 11) is 0. The molecule has 0 bridgehead atoms. The first-order chi connectivity index (χ1) is 4.29. The van der Waals surface area contributed by atoms with Crippen molar-refractivity contribution in [3.05, 3.63) is 0 Å². The van der Waals surface area contributed by atoms with Crippen molar-refractivity contribution in [3.63, 3.8) is 0 Å². The molecule has 0 aromatic carbocycles. The van der Waals surface area contributed by atoms with E-state index in [0.717, 1.165) is 0 Å². The topological polar surface area (TPSA) is 9.23 Å². The summed E-state index contributed by atoms with van der Waals surface area (Å²) in [5, 5.41) is 0. The second kappa shape index (κ2) is 3.26. The summed E-state index contributed by atoms with van der Waals surface area (Å²) >= 11 is 0. The third-order valence-electron chi connectivity index (χ3n) is 1.77. The van der Waals surface area contributed by atoms with Crippen molar-refractivity contribution < 1.29 is 4.65 Å². The van der Waals surface area contributed by atoms with Crippen molar-refractivity contribution in [2.45, 2.75) is 45.4 Å². The van der Waals surface area contributed by atoms with Gasteiger partial charge in [0.05, 0.1) is 0 Å². The van der Waals surface area contributed by atoms with E-state index in [1.807, 2.05) is 0 Å².